The zero-order valence-electron chi connectivity index (χ0n) is 11.6. The van der Waals surface area contributed by atoms with Gasteiger partial charge in [0.15, 0.2) is 4.77 Å². The molecule has 116 valence electrons. The lowest BCUT2D eigenvalue weighted by Gasteiger charge is -2.07. The molecule has 1 aromatic heterocycles. The SMILES string of the molecule is O=C(NCCc1n[nH]c(=S)n1C1CC1)c1cc(F)ccc1F. The molecule has 1 heterocycles. The van der Waals surface area contributed by atoms with Crippen LogP contribution in [0.4, 0.5) is 8.78 Å². The number of hydrogen-bond donors (Lipinski definition) is 2. The zero-order valence-corrected chi connectivity index (χ0v) is 12.4. The average molecular weight is 324 g/mol. The van der Waals surface area contributed by atoms with Crippen molar-refractivity contribution in [3.05, 3.63) is 46.0 Å². The first kappa shape index (κ1) is 14.8. The number of carbonyl (C=O) groups excluding carboxylic acids is 1. The first-order chi connectivity index (χ1) is 10.6. The van der Waals surface area contributed by atoms with Gasteiger partial charge in [0.25, 0.3) is 5.91 Å². The fraction of sp³-hybridized carbons (Fsp3) is 0.357. The monoisotopic (exact) mass is 324 g/mol. The van der Waals surface area contributed by atoms with Crippen molar-refractivity contribution >= 4 is 18.1 Å². The van der Waals surface area contributed by atoms with Gasteiger partial charge in [-0.1, -0.05) is 0 Å². The number of rotatable bonds is 5. The molecule has 2 aromatic rings. The minimum atomic E-state index is -0.750. The van der Waals surface area contributed by atoms with Gasteiger partial charge in [0.2, 0.25) is 0 Å². The molecule has 1 aromatic carbocycles. The molecule has 0 spiro atoms. The summed E-state index contributed by atoms with van der Waals surface area (Å²) >= 11 is 5.17. The Morgan fingerprint density at radius 3 is 2.95 bits per heavy atom. The molecule has 1 amide bonds. The maximum Gasteiger partial charge on any atom is 0.254 e. The van der Waals surface area contributed by atoms with Crippen molar-refractivity contribution in [2.45, 2.75) is 25.3 Å². The molecule has 1 fully saturated rings. The van der Waals surface area contributed by atoms with Crippen molar-refractivity contribution in [3.8, 4) is 0 Å². The van der Waals surface area contributed by atoms with E-state index in [2.05, 4.69) is 15.5 Å². The van der Waals surface area contributed by atoms with Crippen LogP contribution in [0.1, 0.15) is 35.1 Å². The molecule has 0 unspecified atom stereocenters. The van der Waals surface area contributed by atoms with Crippen molar-refractivity contribution in [1.29, 1.82) is 0 Å². The molecule has 0 radical (unpaired) electrons. The predicted molar refractivity (Wildman–Crippen MR) is 78.1 cm³/mol. The molecule has 1 aliphatic rings. The summed E-state index contributed by atoms with van der Waals surface area (Å²) in [5.74, 6) is -1.29. The number of carbonyl (C=O) groups is 1. The Morgan fingerprint density at radius 1 is 1.45 bits per heavy atom. The molecular weight excluding hydrogens is 310 g/mol. The average Bonchev–Trinajstić information content (AvgIpc) is 3.25. The topological polar surface area (TPSA) is 62.7 Å². The summed E-state index contributed by atoms with van der Waals surface area (Å²) < 4.78 is 29.1. The number of halogens is 2. The lowest BCUT2D eigenvalue weighted by atomic mass is 10.2. The van der Waals surface area contributed by atoms with Crippen LogP contribution in [0.25, 0.3) is 0 Å². The summed E-state index contributed by atoms with van der Waals surface area (Å²) in [5.41, 5.74) is -0.305. The lowest BCUT2D eigenvalue weighted by Crippen LogP contribution is -2.27. The van der Waals surface area contributed by atoms with E-state index >= 15 is 0 Å². The fourth-order valence-electron chi connectivity index (χ4n) is 2.28. The van der Waals surface area contributed by atoms with Gasteiger partial charge in [0.05, 0.1) is 5.56 Å². The Hall–Kier alpha value is -2.09. The van der Waals surface area contributed by atoms with Gasteiger partial charge in [-0.25, -0.2) is 8.78 Å². The summed E-state index contributed by atoms with van der Waals surface area (Å²) in [4.78, 5) is 11.9. The third-order valence-electron chi connectivity index (χ3n) is 3.50. The second kappa shape index (κ2) is 5.96. The standard InChI is InChI=1S/C14H14F2N4OS/c15-8-1-4-11(16)10(7-8)13(21)17-6-5-12-18-19-14(22)20(12)9-2-3-9/h1,4,7,9H,2-3,5-6H2,(H,17,21)(H,19,22). The Bertz CT molecular complexity index is 766. The molecule has 0 atom stereocenters. The van der Waals surface area contributed by atoms with Crippen molar-refractivity contribution in [2.24, 2.45) is 0 Å². The molecule has 2 N–H and O–H groups in total. The van der Waals surface area contributed by atoms with E-state index in [0.29, 0.717) is 17.2 Å². The molecule has 1 saturated carbocycles. The maximum absolute atomic E-state index is 13.5. The fourth-order valence-corrected chi connectivity index (χ4v) is 2.58. The molecule has 0 saturated heterocycles. The van der Waals surface area contributed by atoms with Crippen molar-refractivity contribution in [2.75, 3.05) is 6.54 Å². The van der Waals surface area contributed by atoms with Crippen LogP contribution in [0.15, 0.2) is 18.2 Å². The summed E-state index contributed by atoms with van der Waals surface area (Å²) in [7, 11) is 0. The highest BCUT2D eigenvalue weighted by Crippen LogP contribution is 2.35. The first-order valence-electron chi connectivity index (χ1n) is 6.95. The van der Waals surface area contributed by atoms with E-state index in [0.717, 1.165) is 36.9 Å². The largest absolute Gasteiger partial charge is 0.351 e. The van der Waals surface area contributed by atoms with E-state index in [1.165, 1.54) is 0 Å². The smallest absolute Gasteiger partial charge is 0.254 e. The van der Waals surface area contributed by atoms with E-state index in [1.807, 2.05) is 4.57 Å². The van der Waals surface area contributed by atoms with E-state index in [4.69, 9.17) is 12.2 Å². The number of nitrogens with zero attached hydrogens (tertiary/aromatic N) is 2. The Labute approximate surface area is 130 Å². The van der Waals surface area contributed by atoms with Crippen LogP contribution in [0.2, 0.25) is 0 Å². The predicted octanol–water partition coefficient (Wildman–Crippen LogP) is 2.53. The number of aromatic amines is 1. The number of H-pyrrole nitrogens is 1. The number of nitrogens with one attached hydrogen (secondary N) is 2. The molecule has 0 aliphatic heterocycles. The minimum absolute atomic E-state index is 0.265. The van der Waals surface area contributed by atoms with Crippen LogP contribution in [-0.4, -0.2) is 27.2 Å². The summed E-state index contributed by atoms with van der Waals surface area (Å²) in [6.45, 7) is 0.265. The van der Waals surface area contributed by atoms with Crippen molar-refractivity contribution in [1.82, 2.24) is 20.1 Å². The molecule has 5 nitrogen and oxygen atoms in total. The molecular formula is C14H14F2N4OS. The van der Waals surface area contributed by atoms with Gasteiger partial charge in [-0.3, -0.25) is 9.89 Å². The number of amides is 1. The van der Waals surface area contributed by atoms with Gasteiger partial charge in [-0.15, -0.1) is 0 Å². The second-order valence-corrected chi connectivity index (χ2v) is 5.56. The second-order valence-electron chi connectivity index (χ2n) is 5.18. The van der Waals surface area contributed by atoms with E-state index < -0.39 is 17.5 Å². The van der Waals surface area contributed by atoms with Gasteiger partial charge in [-0.2, -0.15) is 5.10 Å². The summed E-state index contributed by atoms with van der Waals surface area (Å²) in [5, 5.41) is 9.44. The normalized spacial score (nSPS) is 14.1. The Balaban J connectivity index is 1.62. The number of aromatic nitrogens is 3. The molecule has 22 heavy (non-hydrogen) atoms. The van der Waals surface area contributed by atoms with Crippen LogP contribution in [0.3, 0.4) is 0 Å². The number of benzene rings is 1. The van der Waals surface area contributed by atoms with Crippen molar-refractivity contribution in [3.63, 3.8) is 0 Å². The van der Waals surface area contributed by atoms with Crippen LogP contribution < -0.4 is 5.32 Å². The number of hydrogen-bond acceptors (Lipinski definition) is 3. The van der Waals surface area contributed by atoms with E-state index in [9.17, 15) is 13.6 Å². The van der Waals surface area contributed by atoms with Gasteiger partial charge in [0, 0.05) is 19.0 Å². The third kappa shape index (κ3) is 3.06. The Morgan fingerprint density at radius 2 is 2.23 bits per heavy atom. The van der Waals surface area contributed by atoms with Gasteiger partial charge < -0.3 is 9.88 Å². The molecule has 0 bridgehead atoms. The van der Waals surface area contributed by atoms with Gasteiger partial charge in [-0.05, 0) is 43.3 Å². The van der Waals surface area contributed by atoms with Gasteiger partial charge in [0.1, 0.15) is 17.5 Å². The quantitative estimate of drug-likeness (QED) is 0.831. The zero-order chi connectivity index (χ0) is 15.7. The van der Waals surface area contributed by atoms with Gasteiger partial charge >= 0.3 is 0 Å². The van der Waals surface area contributed by atoms with Crippen LogP contribution in [-0.2, 0) is 6.42 Å². The highest BCUT2D eigenvalue weighted by atomic mass is 32.1. The molecule has 8 heteroatoms. The lowest BCUT2D eigenvalue weighted by molar-refractivity contribution is 0.0949. The molecule has 1 aliphatic carbocycles. The highest BCUT2D eigenvalue weighted by molar-refractivity contribution is 7.71. The third-order valence-corrected chi connectivity index (χ3v) is 3.78. The van der Waals surface area contributed by atoms with Crippen molar-refractivity contribution < 1.29 is 13.6 Å². The first-order valence-corrected chi connectivity index (χ1v) is 7.36. The van der Waals surface area contributed by atoms with Crippen LogP contribution >= 0.6 is 12.2 Å². The van der Waals surface area contributed by atoms with E-state index in [-0.39, 0.29) is 12.1 Å². The maximum atomic E-state index is 13.5. The summed E-state index contributed by atoms with van der Waals surface area (Å²) in [6, 6.07) is 3.17. The highest BCUT2D eigenvalue weighted by Gasteiger charge is 2.27. The van der Waals surface area contributed by atoms with Crippen LogP contribution in [0.5, 0.6) is 0 Å². The van der Waals surface area contributed by atoms with E-state index in [1.54, 1.807) is 0 Å². The summed E-state index contributed by atoms with van der Waals surface area (Å²) in [6.07, 6.45) is 2.61. The molecule has 3 rings (SSSR count). The Kier molecular flexibility index (Phi) is 4.02. The van der Waals surface area contributed by atoms with Crippen LogP contribution in [0, 0.1) is 16.4 Å². The minimum Gasteiger partial charge on any atom is -0.351 e.